The Morgan fingerprint density at radius 3 is 2.56 bits per heavy atom. The van der Waals surface area contributed by atoms with Gasteiger partial charge in [-0.3, -0.25) is 9.78 Å². The van der Waals surface area contributed by atoms with E-state index in [9.17, 15) is 9.59 Å². The third-order valence-electron chi connectivity index (χ3n) is 4.84. The van der Waals surface area contributed by atoms with E-state index in [1.807, 2.05) is 12.1 Å². The standard InChI is InChI=1S/C22H24N2O3/c1-23-22(26)19-13-16(14-24-15-19)7-12-21(25)27-20-10-8-18(9-11-20)17-5-3-2-4-6-17/h7-15,17H,2-6H2,1H3,(H,23,26)/b12-7+. The smallest absolute Gasteiger partial charge is 0.336 e. The van der Waals surface area contributed by atoms with Crippen LogP contribution in [0.1, 0.15) is 59.5 Å². The second kappa shape index (κ2) is 9.12. The molecule has 1 aliphatic rings. The van der Waals surface area contributed by atoms with Crippen molar-refractivity contribution in [3.8, 4) is 5.75 Å². The lowest BCUT2D eigenvalue weighted by molar-refractivity contribution is -0.128. The van der Waals surface area contributed by atoms with Crippen molar-refractivity contribution in [3.05, 3.63) is 65.5 Å². The summed E-state index contributed by atoms with van der Waals surface area (Å²) < 4.78 is 5.35. The Labute approximate surface area is 159 Å². The highest BCUT2D eigenvalue weighted by molar-refractivity contribution is 5.94. The quantitative estimate of drug-likeness (QED) is 0.492. The molecule has 1 aliphatic carbocycles. The molecule has 0 saturated heterocycles. The molecule has 0 bridgehead atoms. The molecule has 1 saturated carbocycles. The number of carbonyl (C=O) groups excluding carboxylic acids is 2. The van der Waals surface area contributed by atoms with Crippen molar-refractivity contribution in [2.24, 2.45) is 0 Å². The number of pyridine rings is 1. The molecule has 1 fully saturated rings. The molecule has 0 unspecified atom stereocenters. The first kappa shape index (κ1) is 18.8. The Hall–Kier alpha value is -2.95. The molecule has 1 aromatic carbocycles. The Bertz CT molecular complexity index is 822. The van der Waals surface area contributed by atoms with Crippen molar-refractivity contribution in [3.63, 3.8) is 0 Å². The molecule has 1 N–H and O–H groups in total. The zero-order valence-corrected chi connectivity index (χ0v) is 15.5. The highest BCUT2D eigenvalue weighted by Gasteiger charge is 2.15. The normalized spacial score (nSPS) is 14.9. The van der Waals surface area contributed by atoms with Crippen LogP contribution in [0.15, 0.2) is 48.8 Å². The minimum atomic E-state index is -0.467. The minimum Gasteiger partial charge on any atom is -0.423 e. The molecule has 2 aromatic rings. The number of rotatable bonds is 5. The molecule has 0 radical (unpaired) electrons. The number of ether oxygens (including phenoxy) is 1. The van der Waals surface area contributed by atoms with Gasteiger partial charge in [0, 0.05) is 25.5 Å². The minimum absolute atomic E-state index is 0.224. The van der Waals surface area contributed by atoms with Crippen LogP contribution >= 0.6 is 0 Å². The number of carbonyl (C=O) groups is 2. The predicted molar refractivity (Wildman–Crippen MR) is 105 cm³/mol. The van der Waals surface area contributed by atoms with Gasteiger partial charge < -0.3 is 10.1 Å². The Morgan fingerprint density at radius 2 is 1.85 bits per heavy atom. The van der Waals surface area contributed by atoms with Crippen molar-refractivity contribution >= 4 is 18.0 Å². The lowest BCUT2D eigenvalue weighted by Crippen LogP contribution is -2.17. The van der Waals surface area contributed by atoms with Crippen molar-refractivity contribution in [1.82, 2.24) is 10.3 Å². The molecule has 0 aliphatic heterocycles. The highest BCUT2D eigenvalue weighted by Crippen LogP contribution is 2.33. The number of hydrogen-bond donors (Lipinski definition) is 1. The van der Waals surface area contributed by atoms with Crippen LogP contribution in [0.4, 0.5) is 0 Å². The molecule has 27 heavy (non-hydrogen) atoms. The molecule has 5 nitrogen and oxygen atoms in total. The van der Waals surface area contributed by atoms with Crippen LogP contribution in [0.2, 0.25) is 0 Å². The fourth-order valence-electron chi connectivity index (χ4n) is 3.38. The van der Waals surface area contributed by atoms with Crippen LogP contribution in [0.5, 0.6) is 5.75 Å². The fraction of sp³-hybridized carbons (Fsp3) is 0.318. The SMILES string of the molecule is CNC(=O)c1cncc(/C=C/C(=O)Oc2ccc(C3CCCCC3)cc2)c1. The van der Waals surface area contributed by atoms with Gasteiger partial charge in [-0.1, -0.05) is 31.4 Å². The van der Waals surface area contributed by atoms with E-state index < -0.39 is 5.97 Å². The van der Waals surface area contributed by atoms with E-state index in [0.717, 1.165) is 0 Å². The van der Waals surface area contributed by atoms with Gasteiger partial charge in [0.15, 0.2) is 0 Å². The van der Waals surface area contributed by atoms with Crippen molar-refractivity contribution in [2.45, 2.75) is 38.0 Å². The summed E-state index contributed by atoms with van der Waals surface area (Å²) in [4.78, 5) is 27.7. The second-order valence-corrected chi connectivity index (χ2v) is 6.74. The topological polar surface area (TPSA) is 68.3 Å². The van der Waals surface area contributed by atoms with E-state index in [0.29, 0.717) is 22.8 Å². The van der Waals surface area contributed by atoms with Gasteiger partial charge in [-0.15, -0.1) is 0 Å². The van der Waals surface area contributed by atoms with Crippen LogP contribution in [0.25, 0.3) is 6.08 Å². The van der Waals surface area contributed by atoms with Crippen molar-refractivity contribution in [2.75, 3.05) is 7.05 Å². The highest BCUT2D eigenvalue weighted by atomic mass is 16.5. The number of amides is 1. The van der Waals surface area contributed by atoms with Crippen molar-refractivity contribution in [1.29, 1.82) is 0 Å². The Morgan fingerprint density at radius 1 is 1.11 bits per heavy atom. The molecular weight excluding hydrogens is 340 g/mol. The average Bonchev–Trinajstić information content (AvgIpc) is 2.73. The van der Waals surface area contributed by atoms with Crippen molar-refractivity contribution < 1.29 is 14.3 Å². The predicted octanol–water partition coefficient (Wildman–Crippen LogP) is 4.11. The summed E-state index contributed by atoms with van der Waals surface area (Å²) in [7, 11) is 1.56. The summed E-state index contributed by atoms with van der Waals surface area (Å²) in [6.45, 7) is 0. The lowest BCUT2D eigenvalue weighted by atomic mass is 9.84. The molecule has 5 heteroatoms. The molecule has 1 heterocycles. The third kappa shape index (κ3) is 5.26. The molecular formula is C22H24N2O3. The van der Waals surface area contributed by atoms with Crippen LogP contribution in [0, 0.1) is 0 Å². The summed E-state index contributed by atoms with van der Waals surface area (Å²) in [5.41, 5.74) is 2.41. The maximum Gasteiger partial charge on any atom is 0.336 e. The van der Waals surface area contributed by atoms with E-state index >= 15 is 0 Å². The van der Waals surface area contributed by atoms with Gasteiger partial charge in [-0.25, -0.2) is 4.79 Å². The lowest BCUT2D eigenvalue weighted by Gasteiger charge is -2.21. The van der Waals surface area contributed by atoms with Gasteiger partial charge in [0.1, 0.15) is 5.75 Å². The van der Waals surface area contributed by atoms with Crippen LogP contribution in [0.3, 0.4) is 0 Å². The van der Waals surface area contributed by atoms with Gasteiger partial charge in [-0.05, 0) is 54.2 Å². The largest absolute Gasteiger partial charge is 0.423 e. The summed E-state index contributed by atoms with van der Waals surface area (Å²) >= 11 is 0. The van der Waals surface area contributed by atoms with E-state index in [-0.39, 0.29) is 5.91 Å². The number of hydrogen-bond acceptors (Lipinski definition) is 4. The Balaban J connectivity index is 1.58. The zero-order chi connectivity index (χ0) is 19.1. The van der Waals surface area contributed by atoms with Gasteiger partial charge in [0.05, 0.1) is 5.56 Å². The monoisotopic (exact) mass is 364 g/mol. The van der Waals surface area contributed by atoms with Gasteiger partial charge in [0.2, 0.25) is 0 Å². The summed E-state index contributed by atoms with van der Waals surface area (Å²) in [6, 6.07) is 9.47. The fourth-order valence-corrected chi connectivity index (χ4v) is 3.38. The summed E-state index contributed by atoms with van der Waals surface area (Å²) in [6.07, 6.45) is 12.4. The first-order chi connectivity index (χ1) is 13.2. The summed E-state index contributed by atoms with van der Waals surface area (Å²) in [5, 5.41) is 2.54. The Kier molecular flexibility index (Phi) is 6.36. The number of esters is 1. The molecule has 3 rings (SSSR count). The van der Waals surface area contributed by atoms with Crippen LogP contribution in [-0.4, -0.2) is 23.9 Å². The number of nitrogens with one attached hydrogen (secondary N) is 1. The zero-order valence-electron chi connectivity index (χ0n) is 15.5. The molecule has 0 atom stereocenters. The van der Waals surface area contributed by atoms with Crippen LogP contribution < -0.4 is 10.1 Å². The van der Waals surface area contributed by atoms with E-state index in [1.165, 1.54) is 49.9 Å². The average molecular weight is 364 g/mol. The second-order valence-electron chi connectivity index (χ2n) is 6.74. The van der Waals surface area contributed by atoms with E-state index in [2.05, 4.69) is 22.4 Å². The third-order valence-corrected chi connectivity index (χ3v) is 4.84. The first-order valence-corrected chi connectivity index (χ1v) is 9.32. The molecule has 0 spiro atoms. The molecule has 140 valence electrons. The van der Waals surface area contributed by atoms with E-state index in [4.69, 9.17) is 4.74 Å². The summed E-state index contributed by atoms with van der Waals surface area (Å²) in [5.74, 6) is 0.467. The maximum absolute atomic E-state index is 12.0. The van der Waals surface area contributed by atoms with Gasteiger partial charge >= 0.3 is 5.97 Å². The van der Waals surface area contributed by atoms with Gasteiger partial charge in [-0.2, -0.15) is 0 Å². The number of benzene rings is 1. The number of nitrogens with zero attached hydrogens (tertiary/aromatic N) is 1. The van der Waals surface area contributed by atoms with E-state index in [1.54, 1.807) is 25.4 Å². The molecule has 1 amide bonds. The van der Waals surface area contributed by atoms with Crippen LogP contribution in [-0.2, 0) is 4.79 Å². The molecule has 1 aromatic heterocycles. The first-order valence-electron chi connectivity index (χ1n) is 9.32. The maximum atomic E-state index is 12.0. The van der Waals surface area contributed by atoms with Gasteiger partial charge in [0.25, 0.3) is 5.91 Å². The number of aromatic nitrogens is 1.